The molecule has 2 nitrogen and oxygen atoms in total. The summed E-state index contributed by atoms with van der Waals surface area (Å²) in [5.74, 6) is 0.869. The number of hydrogen-bond donors (Lipinski definition) is 1. The highest BCUT2D eigenvalue weighted by Crippen LogP contribution is 2.34. The van der Waals surface area contributed by atoms with Crippen LogP contribution >= 0.6 is 0 Å². The highest BCUT2D eigenvalue weighted by molar-refractivity contribution is 5.01. The molecule has 2 heteroatoms. The second-order valence-electron chi connectivity index (χ2n) is 8.62. The van der Waals surface area contributed by atoms with Crippen LogP contribution in [0, 0.1) is 11.3 Å². The van der Waals surface area contributed by atoms with Crippen LogP contribution in [0.15, 0.2) is 12.2 Å². The fraction of sp³-hybridized carbons (Fsp3) is 0.889. The van der Waals surface area contributed by atoms with E-state index in [-0.39, 0.29) is 5.54 Å². The smallest absolute Gasteiger partial charge is 0.0202 e. The van der Waals surface area contributed by atoms with Crippen molar-refractivity contribution >= 4 is 0 Å². The van der Waals surface area contributed by atoms with Gasteiger partial charge in [-0.05, 0) is 70.0 Å². The van der Waals surface area contributed by atoms with Crippen LogP contribution in [0.5, 0.6) is 0 Å². The number of hydrogen-bond acceptors (Lipinski definition) is 2. The Bertz CT molecular complexity index is 306. The molecule has 0 aliphatic carbocycles. The van der Waals surface area contributed by atoms with Crippen LogP contribution in [0.25, 0.3) is 0 Å². The third-order valence-electron chi connectivity index (χ3n) is 4.36. The molecule has 1 fully saturated rings. The summed E-state index contributed by atoms with van der Waals surface area (Å²) in [5.41, 5.74) is 1.95. The Morgan fingerprint density at radius 2 is 1.75 bits per heavy atom. The first kappa shape index (κ1) is 17.7. The van der Waals surface area contributed by atoms with Gasteiger partial charge in [0.25, 0.3) is 0 Å². The molecule has 0 spiro atoms. The molecule has 1 atom stereocenters. The van der Waals surface area contributed by atoms with Crippen LogP contribution in [0.4, 0.5) is 0 Å². The molecular weight excluding hydrogens is 244 g/mol. The molecule has 1 unspecified atom stereocenters. The number of nitrogens with one attached hydrogen (secondary N) is 1. The number of rotatable bonds is 4. The van der Waals surface area contributed by atoms with Gasteiger partial charge in [0.2, 0.25) is 0 Å². The van der Waals surface area contributed by atoms with Gasteiger partial charge in [-0.15, -0.1) is 0 Å². The molecule has 1 heterocycles. The van der Waals surface area contributed by atoms with E-state index in [1.165, 1.54) is 37.9 Å². The molecular formula is C18H36N2. The molecule has 1 saturated heterocycles. The van der Waals surface area contributed by atoms with Gasteiger partial charge in [0, 0.05) is 18.6 Å². The fourth-order valence-corrected chi connectivity index (χ4v) is 2.94. The molecule has 1 rings (SSSR count). The van der Waals surface area contributed by atoms with Gasteiger partial charge in [0.05, 0.1) is 0 Å². The quantitative estimate of drug-likeness (QED) is 0.781. The molecule has 0 aromatic heterocycles. The zero-order valence-corrected chi connectivity index (χ0v) is 14.7. The van der Waals surface area contributed by atoms with Gasteiger partial charge in [-0.3, -0.25) is 4.90 Å². The molecule has 0 bridgehead atoms. The van der Waals surface area contributed by atoms with Crippen molar-refractivity contribution in [2.75, 3.05) is 26.2 Å². The highest BCUT2D eigenvalue weighted by Gasteiger charge is 2.27. The average Bonchev–Trinajstić information content (AvgIpc) is 2.50. The van der Waals surface area contributed by atoms with Gasteiger partial charge in [0.15, 0.2) is 0 Å². The molecule has 1 N–H and O–H groups in total. The Labute approximate surface area is 127 Å². The summed E-state index contributed by atoms with van der Waals surface area (Å²) in [4.78, 5) is 2.60. The maximum atomic E-state index is 4.25. The average molecular weight is 280 g/mol. The Kier molecular flexibility index (Phi) is 6.27. The van der Waals surface area contributed by atoms with E-state index in [9.17, 15) is 0 Å². The monoisotopic (exact) mass is 280 g/mol. The van der Waals surface area contributed by atoms with Crippen molar-refractivity contribution in [2.45, 2.75) is 66.3 Å². The first-order valence-electron chi connectivity index (χ1n) is 8.22. The maximum Gasteiger partial charge on any atom is 0.0202 e. The van der Waals surface area contributed by atoms with E-state index in [1.54, 1.807) is 0 Å². The number of likely N-dealkylation sites (tertiary alicyclic amines) is 1. The van der Waals surface area contributed by atoms with E-state index in [0.29, 0.717) is 5.41 Å². The molecule has 1 aliphatic rings. The van der Waals surface area contributed by atoms with Gasteiger partial charge in [-0.25, -0.2) is 0 Å². The second-order valence-corrected chi connectivity index (χ2v) is 8.62. The first-order chi connectivity index (χ1) is 9.08. The van der Waals surface area contributed by atoms with Gasteiger partial charge in [-0.1, -0.05) is 27.4 Å². The molecule has 0 saturated carbocycles. The van der Waals surface area contributed by atoms with Gasteiger partial charge in [0.1, 0.15) is 0 Å². The predicted octanol–water partition coefficient (Wildman–Crippen LogP) is 4.08. The zero-order chi connectivity index (χ0) is 15.4. The third-order valence-corrected chi connectivity index (χ3v) is 4.36. The molecule has 20 heavy (non-hydrogen) atoms. The Morgan fingerprint density at radius 1 is 1.10 bits per heavy atom. The van der Waals surface area contributed by atoms with E-state index in [1.807, 2.05) is 0 Å². The molecule has 118 valence electrons. The van der Waals surface area contributed by atoms with Crippen molar-refractivity contribution in [2.24, 2.45) is 11.3 Å². The highest BCUT2D eigenvalue weighted by atomic mass is 15.1. The van der Waals surface area contributed by atoms with Crippen LogP contribution in [-0.4, -0.2) is 36.6 Å². The van der Waals surface area contributed by atoms with E-state index in [0.717, 1.165) is 19.0 Å². The third kappa shape index (κ3) is 6.90. The molecule has 0 aromatic carbocycles. The summed E-state index contributed by atoms with van der Waals surface area (Å²) in [6.07, 6.45) is 4.05. The van der Waals surface area contributed by atoms with Crippen molar-refractivity contribution in [3.8, 4) is 0 Å². The van der Waals surface area contributed by atoms with Crippen LogP contribution < -0.4 is 5.32 Å². The zero-order valence-electron chi connectivity index (χ0n) is 14.7. The molecule has 0 aromatic rings. The topological polar surface area (TPSA) is 15.3 Å². The van der Waals surface area contributed by atoms with E-state index < -0.39 is 0 Å². The van der Waals surface area contributed by atoms with E-state index in [2.05, 4.69) is 58.3 Å². The first-order valence-corrected chi connectivity index (χ1v) is 8.22. The molecule has 1 aliphatic heterocycles. The lowest BCUT2D eigenvalue weighted by Gasteiger charge is -2.30. The van der Waals surface area contributed by atoms with Crippen LogP contribution in [0.3, 0.4) is 0 Å². The Hall–Kier alpha value is -0.340. The minimum atomic E-state index is 0.180. The lowest BCUT2D eigenvalue weighted by molar-refractivity contribution is 0.210. The minimum Gasteiger partial charge on any atom is -0.308 e. The summed E-state index contributed by atoms with van der Waals surface area (Å²) in [6, 6.07) is 0. The Morgan fingerprint density at radius 3 is 2.30 bits per heavy atom. The molecule has 0 radical (unpaired) electrons. The largest absolute Gasteiger partial charge is 0.308 e. The summed E-state index contributed by atoms with van der Waals surface area (Å²) in [6.45, 7) is 22.5. The van der Waals surface area contributed by atoms with Crippen molar-refractivity contribution in [1.82, 2.24) is 10.2 Å². The standard InChI is InChI=1S/C18H36N2/c1-15(13-19-18(5,6)7)14-20-11-8-9-16(10-12-20)17(2,3)4/h16,19H,1,8-14H2,2-7H3. The fourth-order valence-electron chi connectivity index (χ4n) is 2.94. The Balaban J connectivity index is 2.37. The van der Waals surface area contributed by atoms with Crippen LogP contribution in [-0.2, 0) is 0 Å². The summed E-state index contributed by atoms with van der Waals surface area (Å²) in [5, 5.41) is 3.53. The van der Waals surface area contributed by atoms with Crippen molar-refractivity contribution in [1.29, 1.82) is 0 Å². The van der Waals surface area contributed by atoms with Crippen molar-refractivity contribution in [3.63, 3.8) is 0 Å². The van der Waals surface area contributed by atoms with Crippen LogP contribution in [0.1, 0.15) is 60.8 Å². The van der Waals surface area contributed by atoms with E-state index >= 15 is 0 Å². The van der Waals surface area contributed by atoms with Gasteiger partial charge >= 0.3 is 0 Å². The summed E-state index contributed by atoms with van der Waals surface area (Å²) < 4.78 is 0. The van der Waals surface area contributed by atoms with E-state index in [4.69, 9.17) is 0 Å². The van der Waals surface area contributed by atoms with Gasteiger partial charge < -0.3 is 5.32 Å². The normalized spacial score (nSPS) is 22.6. The SMILES string of the molecule is C=C(CNC(C)(C)C)CN1CCCC(C(C)(C)C)CC1. The van der Waals surface area contributed by atoms with Gasteiger partial charge in [-0.2, -0.15) is 0 Å². The lowest BCUT2D eigenvalue weighted by Crippen LogP contribution is -2.39. The second kappa shape index (κ2) is 7.09. The predicted molar refractivity (Wildman–Crippen MR) is 90.1 cm³/mol. The molecule has 0 amide bonds. The van der Waals surface area contributed by atoms with Crippen molar-refractivity contribution < 1.29 is 0 Å². The lowest BCUT2D eigenvalue weighted by atomic mass is 9.77. The minimum absolute atomic E-state index is 0.180. The van der Waals surface area contributed by atoms with Crippen LogP contribution in [0.2, 0.25) is 0 Å². The maximum absolute atomic E-state index is 4.25. The number of nitrogens with zero attached hydrogens (tertiary/aromatic N) is 1. The summed E-state index contributed by atoms with van der Waals surface area (Å²) in [7, 11) is 0. The van der Waals surface area contributed by atoms with Crippen molar-refractivity contribution in [3.05, 3.63) is 12.2 Å². The summed E-state index contributed by atoms with van der Waals surface area (Å²) >= 11 is 0.